The Morgan fingerprint density at radius 2 is 1.89 bits per heavy atom. The number of aromatic nitrogens is 1. The molecule has 0 aromatic carbocycles. The molecule has 0 spiro atoms. The number of anilines is 2. The maximum Gasteiger partial charge on any atom is 0.228 e. The van der Waals surface area contributed by atoms with Crippen LogP contribution in [0.25, 0.3) is 0 Å². The Morgan fingerprint density at radius 3 is 2.47 bits per heavy atom. The lowest BCUT2D eigenvalue weighted by Crippen LogP contribution is -2.28. The normalized spacial score (nSPS) is 20.0. The zero-order valence-electron chi connectivity index (χ0n) is 11.2. The van der Waals surface area contributed by atoms with Crippen LogP contribution in [-0.2, 0) is 4.79 Å². The number of nitrogens with zero attached hydrogens (tertiary/aromatic N) is 1. The smallest absolute Gasteiger partial charge is 0.228 e. The van der Waals surface area contributed by atoms with Gasteiger partial charge in [-0.3, -0.25) is 4.79 Å². The summed E-state index contributed by atoms with van der Waals surface area (Å²) in [4.78, 5) is 16.1. The van der Waals surface area contributed by atoms with Gasteiger partial charge in [0.2, 0.25) is 5.91 Å². The molecule has 1 aromatic rings. The molecule has 2 aliphatic rings. The molecule has 19 heavy (non-hydrogen) atoms. The molecule has 1 aromatic heterocycles. The fraction of sp³-hybridized carbons (Fsp3) is 0.600. The topological polar surface area (TPSA) is 54.0 Å². The van der Waals surface area contributed by atoms with Crippen molar-refractivity contribution in [3.05, 3.63) is 18.3 Å². The number of hydrogen-bond donors (Lipinski definition) is 2. The summed E-state index contributed by atoms with van der Waals surface area (Å²) >= 11 is 0. The van der Waals surface area contributed by atoms with Crippen LogP contribution in [0.2, 0.25) is 0 Å². The Morgan fingerprint density at radius 1 is 1.11 bits per heavy atom. The average Bonchev–Trinajstić information content (AvgIpc) is 2.82. The molecule has 2 N–H and O–H groups in total. The zero-order chi connectivity index (χ0) is 13.1. The second-order valence-corrected chi connectivity index (χ2v) is 5.67. The van der Waals surface area contributed by atoms with E-state index in [2.05, 4.69) is 15.6 Å². The summed E-state index contributed by atoms with van der Waals surface area (Å²) in [6.07, 6.45) is 10.2. The van der Waals surface area contributed by atoms with Crippen molar-refractivity contribution in [2.75, 3.05) is 10.6 Å². The third-order valence-corrected chi connectivity index (χ3v) is 4.22. The number of pyridine rings is 1. The summed E-state index contributed by atoms with van der Waals surface area (Å²) in [7, 11) is 0. The SMILES string of the molecule is O=C(Nc1ccc(NC2CCCC2)cn1)C1CCC1. The number of amides is 1. The van der Waals surface area contributed by atoms with E-state index < -0.39 is 0 Å². The largest absolute Gasteiger partial charge is 0.381 e. The van der Waals surface area contributed by atoms with Gasteiger partial charge in [0.15, 0.2) is 0 Å². The number of rotatable bonds is 4. The van der Waals surface area contributed by atoms with Gasteiger partial charge in [-0.2, -0.15) is 0 Å². The summed E-state index contributed by atoms with van der Waals surface area (Å²) in [5.74, 6) is 0.988. The van der Waals surface area contributed by atoms with E-state index in [-0.39, 0.29) is 11.8 Å². The molecule has 1 heterocycles. The van der Waals surface area contributed by atoms with Crippen LogP contribution in [0.15, 0.2) is 18.3 Å². The fourth-order valence-corrected chi connectivity index (χ4v) is 2.76. The zero-order valence-corrected chi connectivity index (χ0v) is 11.2. The van der Waals surface area contributed by atoms with E-state index in [9.17, 15) is 4.79 Å². The van der Waals surface area contributed by atoms with E-state index in [1.54, 1.807) is 0 Å². The van der Waals surface area contributed by atoms with Crippen molar-refractivity contribution >= 4 is 17.4 Å². The summed E-state index contributed by atoms with van der Waals surface area (Å²) in [6, 6.07) is 4.48. The van der Waals surface area contributed by atoms with Gasteiger partial charge < -0.3 is 10.6 Å². The molecule has 3 rings (SSSR count). The summed E-state index contributed by atoms with van der Waals surface area (Å²) in [6.45, 7) is 0. The number of carbonyl (C=O) groups is 1. The van der Waals surface area contributed by atoms with Gasteiger partial charge in [-0.25, -0.2) is 4.98 Å². The van der Waals surface area contributed by atoms with Crippen molar-refractivity contribution in [1.29, 1.82) is 0 Å². The molecule has 0 atom stereocenters. The highest BCUT2D eigenvalue weighted by molar-refractivity contribution is 5.92. The minimum absolute atomic E-state index is 0.121. The molecule has 2 fully saturated rings. The van der Waals surface area contributed by atoms with E-state index in [1.165, 1.54) is 32.1 Å². The van der Waals surface area contributed by atoms with Crippen LogP contribution in [0.1, 0.15) is 44.9 Å². The van der Waals surface area contributed by atoms with Crippen molar-refractivity contribution in [2.45, 2.75) is 51.0 Å². The molecule has 2 saturated carbocycles. The lowest BCUT2D eigenvalue weighted by atomic mass is 9.85. The van der Waals surface area contributed by atoms with Crippen molar-refractivity contribution < 1.29 is 4.79 Å². The molecule has 1 amide bonds. The average molecular weight is 259 g/mol. The predicted octanol–water partition coefficient (Wildman–Crippen LogP) is 3.17. The highest BCUT2D eigenvalue weighted by Gasteiger charge is 2.25. The Kier molecular flexibility index (Phi) is 3.67. The molecule has 0 radical (unpaired) electrons. The lowest BCUT2D eigenvalue weighted by Gasteiger charge is -2.23. The van der Waals surface area contributed by atoms with Gasteiger partial charge >= 0.3 is 0 Å². The first kappa shape index (κ1) is 12.5. The van der Waals surface area contributed by atoms with E-state index in [0.717, 1.165) is 18.5 Å². The molecule has 0 saturated heterocycles. The van der Waals surface area contributed by atoms with Crippen LogP contribution in [-0.4, -0.2) is 16.9 Å². The van der Waals surface area contributed by atoms with E-state index >= 15 is 0 Å². The van der Waals surface area contributed by atoms with Crippen LogP contribution in [0.4, 0.5) is 11.5 Å². The van der Waals surface area contributed by atoms with Crippen molar-refractivity contribution in [3.63, 3.8) is 0 Å². The van der Waals surface area contributed by atoms with Crippen molar-refractivity contribution in [2.24, 2.45) is 5.92 Å². The molecular formula is C15H21N3O. The Hall–Kier alpha value is -1.58. The Labute approximate surface area is 114 Å². The molecule has 0 bridgehead atoms. The molecule has 0 unspecified atom stereocenters. The van der Waals surface area contributed by atoms with Crippen molar-refractivity contribution in [3.8, 4) is 0 Å². The molecule has 0 aliphatic heterocycles. The lowest BCUT2D eigenvalue weighted by molar-refractivity contribution is -0.122. The van der Waals surface area contributed by atoms with Crippen LogP contribution < -0.4 is 10.6 Å². The second kappa shape index (κ2) is 5.59. The number of nitrogens with one attached hydrogen (secondary N) is 2. The van der Waals surface area contributed by atoms with Gasteiger partial charge in [0, 0.05) is 12.0 Å². The highest BCUT2D eigenvalue weighted by Crippen LogP contribution is 2.27. The van der Waals surface area contributed by atoms with E-state index in [1.807, 2.05) is 18.3 Å². The molecule has 2 aliphatic carbocycles. The Balaban J connectivity index is 1.54. The van der Waals surface area contributed by atoms with Gasteiger partial charge in [0.25, 0.3) is 0 Å². The molecule has 4 heteroatoms. The summed E-state index contributed by atoms with van der Waals surface area (Å²) in [5.41, 5.74) is 1.05. The fourth-order valence-electron chi connectivity index (χ4n) is 2.76. The second-order valence-electron chi connectivity index (χ2n) is 5.67. The van der Waals surface area contributed by atoms with E-state index in [0.29, 0.717) is 11.9 Å². The highest BCUT2D eigenvalue weighted by atomic mass is 16.2. The van der Waals surface area contributed by atoms with Gasteiger partial charge in [-0.15, -0.1) is 0 Å². The summed E-state index contributed by atoms with van der Waals surface area (Å²) < 4.78 is 0. The number of carbonyl (C=O) groups excluding carboxylic acids is 1. The van der Waals surface area contributed by atoms with Gasteiger partial charge in [-0.1, -0.05) is 19.3 Å². The first-order valence-corrected chi connectivity index (χ1v) is 7.35. The molecular weight excluding hydrogens is 238 g/mol. The maximum atomic E-state index is 11.8. The van der Waals surface area contributed by atoms with E-state index in [4.69, 9.17) is 0 Å². The monoisotopic (exact) mass is 259 g/mol. The third kappa shape index (κ3) is 3.06. The first-order valence-electron chi connectivity index (χ1n) is 7.35. The Bertz CT molecular complexity index is 433. The summed E-state index contributed by atoms with van der Waals surface area (Å²) in [5, 5.41) is 6.38. The number of hydrogen-bond acceptors (Lipinski definition) is 3. The quantitative estimate of drug-likeness (QED) is 0.873. The predicted molar refractivity (Wildman–Crippen MR) is 76.1 cm³/mol. The van der Waals surface area contributed by atoms with Crippen LogP contribution in [0.5, 0.6) is 0 Å². The molecule has 4 nitrogen and oxygen atoms in total. The standard InChI is InChI=1S/C15H21N3O/c19-15(11-4-3-5-11)18-14-9-8-13(10-16-14)17-12-6-1-2-7-12/h8-12,17H,1-7H2,(H,16,18,19). The van der Waals surface area contributed by atoms with Crippen LogP contribution in [0.3, 0.4) is 0 Å². The molecule has 102 valence electrons. The van der Waals surface area contributed by atoms with Crippen molar-refractivity contribution in [1.82, 2.24) is 4.98 Å². The van der Waals surface area contributed by atoms with Gasteiger partial charge in [-0.05, 0) is 37.8 Å². The first-order chi connectivity index (χ1) is 9.31. The minimum Gasteiger partial charge on any atom is -0.381 e. The van der Waals surface area contributed by atoms with Crippen LogP contribution in [0, 0.1) is 5.92 Å². The third-order valence-electron chi connectivity index (χ3n) is 4.22. The minimum atomic E-state index is 0.121. The van der Waals surface area contributed by atoms with Crippen LogP contribution >= 0.6 is 0 Å². The van der Waals surface area contributed by atoms with Gasteiger partial charge in [0.1, 0.15) is 5.82 Å². The van der Waals surface area contributed by atoms with Gasteiger partial charge in [0.05, 0.1) is 11.9 Å². The maximum absolute atomic E-state index is 11.8.